The van der Waals surface area contributed by atoms with Crippen molar-refractivity contribution in [2.24, 2.45) is 0 Å². The highest BCUT2D eigenvalue weighted by atomic mass is 16.5. The average molecular weight is 433 g/mol. The van der Waals surface area contributed by atoms with E-state index in [1.54, 1.807) is 54.5 Å². The lowest BCUT2D eigenvalue weighted by molar-refractivity contribution is 0.0907. The number of aliphatic hydroxyl groups excluding tert-OH is 1. The highest BCUT2D eigenvalue weighted by Crippen LogP contribution is 2.29. The van der Waals surface area contributed by atoms with Crippen LogP contribution in [0.5, 0.6) is 11.5 Å². The Morgan fingerprint density at radius 3 is 2.59 bits per heavy atom. The van der Waals surface area contributed by atoms with E-state index in [2.05, 4.69) is 10.4 Å². The van der Waals surface area contributed by atoms with Gasteiger partial charge < -0.3 is 24.3 Å². The molecule has 0 saturated heterocycles. The van der Waals surface area contributed by atoms with Crippen molar-refractivity contribution in [2.45, 2.75) is 6.10 Å². The van der Waals surface area contributed by atoms with Crippen LogP contribution >= 0.6 is 0 Å². The number of aromatic nitrogens is 2. The van der Waals surface area contributed by atoms with E-state index in [4.69, 9.17) is 13.9 Å². The van der Waals surface area contributed by atoms with Crippen molar-refractivity contribution < 1.29 is 23.8 Å². The number of amides is 1. The molecule has 0 saturated carbocycles. The first-order valence-corrected chi connectivity index (χ1v) is 9.98. The van der Waals surface area contributed by atoms with Gasteiger partial charge in [-0.15, -0.1) is 0 Å². The standard InChI is InChI=1S/C24H23N3O5/c1-30-17-10-11-22(31-2)18(13-17)21(28)15-25-24(29)20-14-19(23-9-6-12-32-23)26-27(20)16-7-4-3-5-8-16/h3-14,21,28H,15H2,1-2H3,(H,25,29). The lowest BCUT2D eigenvalue weighted by Gasteiger charge is -2.17. The van der Waals surface area contributed by atoms with E-state index >= 15 is 0 Å². The number of nitrogens with one attached hydrogen (secondary N) is 1. The number of hydrogen-bond acceptors (Lipinski definition) is 6. The Morgan fingerprint density at radius 1 is 1.09 bits per heavy atom. The zero-order chi connectivity index (χ0) is 22.5. The minimum atomic E-state index is -0.998. The molecule has 2 aromatic heterocycles. The molecule has 32 heavy (non-hydrogen) atoms. The first kappa shape index (κ1) is 21.2. The third-order valence-electron chi connectivity index (χ3n) is 4.97. The van der Waals surface area contributed by atoms with Crippen molar-refractivity contribution >= 4 is 5.91 Å². The van der Waals surface area contributed by atoms with Gasteiger partial charge in [0.1, 0.15) is 29.0 Å². The molecule has 4 aromatic rings. The number of aliphatic hydroxyl groups is 1. The van der Waals surface area contributed by atoms with Gasteiger partial charge in [-0.1, -0.05) is 18.2 Å². The number of methoxy groups -OCH3 is 2. The summed E-state index contributed by atoms with van der Waals surface area (Å²) >= 11 is 0. The van der Waals surface area contributed by atoms with Gasteiger partial charge in [-0.2, -0.15) is 5.10 Å². The number of hydrogen-bond donors (Lipinski definition) is 2. The third-order valence-corrected chi connectivity index (χ3v) is 4.97. The van der Waals surface area contributed by atoms with Gasteiger partial charge in [0.15, 0.2) is 5.76 Å². The van der Waals surface area contributed by atoms with E-state index in [9.17, 15) is 9.90 Å². The lowest BCUT2D eigenvalue weighted by Crippen LogP contribution is -2.30. The molecule has 1 amide bonds. The Kier molecular flexibility index (Phi) is 6.23. The minimum Gasteiger partial charge on any atom is -0.497 e. The van der Waals surface area contributed by atoms with Crippen LogP contribution in [0.15, 0.2) is 77.4 Å². The minimum absolute atomic E-state index is 0.0293. The van der Waals surface area contributed by atoms with Crippen LogP contribution in [0.4, 0.5) is 0 Å². The van der Waals surface area contributed by atoms with E-state index in [0.29, 0.717) is 34.2 Å². The summed E-state index contributed by atoms with van der Waals surface area (Å²) in [5.41, 5.74) is 2.08. The largest absolute Gasteiger partial charge is 0.497 e. The second-order valence-corrected chi connectivity index (χ2v) is 6.97. The fourth-order valence-electron chi connectivity index (χ4n) is 3.34. The average Bonchev–Trinajstić information content (AvgIpc) is 3.52. The molecule has 1 unspecified atom stereocenters. The second kappa shape index (κ2) is 9.40. The fourth-order valence-corrected chi connectivity index (χ4v) is 3.34. The van der Waals surface area contributed by atoms with Gasteiger partial charge in [-0.05, 0) is 42.5 Å². The normalized spacial score (nSPS) is 11.7. The van der Waals surface area contributed by atoms with Crippen LogP contribution < -0.4 is 14.8 Å². The van der Waals surface area contributed by atoms with Crippen LogP contribution in [-0.2, 0) is 0 Å². The first-order valence-electron chi connectivity index (χ1n) is 9.98. The number of ether oxygens (including phenoxy) is 2. The lowest BCUT2D eigenvalue weighted by atomic mass is 10.1. The highest BCUT2D eigenvalue weighted by molar-refractivity contribution is 5.94. The van der Waals surface area contributed by atoms with Crippen molar-refractivity contribution in [2.75, 3.05) is 20.8 Å². The molecule has 1 atom stereocenters. The van der Waals surface area contributed by atoms with Crippen LogP contribution in [0.25, 0.3) is 17.1 Å². The zero-order valence-corrected chi connectivity index (χ0v) is 17.7. The number of carbonyl (C=O) groups is 1. The van der Waals surface area contributed by atoms with E-state index in [1.807, 2.05) is 30.3 Å². The number of carbonyl (C=O) groups excluding carboxylic acids is 1. The second-order valence-electron chi connectivity index (χ2n) is 6.97. The van der Waals surface area contributed by atoms with Gasteiger partial charge in [-0.25, -0.2) is 4.68 Å². The maximum absolute atomic E-state index is 13.1. The highest BCUT2D eigenvalue weighted by Gasteiger charge is 2.21. The van der Waals surface area contributed by atoms with E-state index in [-0.39, 0.29) is 12.5 Å². The van der Waals surface area contributed by atoms with Gasteiger partial charge in [-0.3, -0.25) is 4.79 Å². The molecule has 0 spiro atoms. The van der Waals surface area contributed by atoms with E-state index in [1.165, 1.54) is 7.11 Å². The smallest absolute Gasteiger partial charge is 0.270 e. The molecule has 0 aliphatic heterocycles. The monoisotopic (exact) mass is 433 g/mol. The van der Waals surface area contributed by atoms with Gasteiger partial charge in [0.05, 0.1) is 26.2 Å². The molecule has 164 valence electrons. The molecule has 0 bridgehead atoms. The molecular weight excluding hydrogens is 410 g/mol. The van der Waals surface area contributed by atoms with Crippen LogP contribution in [0, 0.1) is 0 Å². The zero-order valence-electron chi connectivity index (χ0n) is 17.7. The van der Waals surface area contributed by atoms with E-state index < -0.39 is 6.10 Å². The summed E-state index contributed by atoms with van der Waals surface area (Å²) in [4.78, 5) is 13.1. The maximum Gasteiger partial charge on any atom is 0.270 e. The van der Waals surface area contributed by atoms with Gasteiger partial charge in [0.2, 0.25) is 0 Å². The molecule has 2 aromatic carbocycles. The number of para-hydroxylation sites is 1. The summed E-state index contributed by atoms with van der Waals surface area (Å²) < 4.78 is 17.5. The molecule has 2 N–H and O–H groups in total. The van der Waals surface area contributed by atoms with Crippen molar-refractivity contribution in [3.63, 3.8) is 0 Å². The summed E-state index contributed by atoms with van der Waals surface area (Å²) in [6.45, 7) is -0.0293. The number of rotatable bonds is 8. The van der Waals surface area contributed by atoms with Crippen LogP contribution in [0.3, 0.4) is 0 Å². The predicted octanol–water partition coefficient (Wildman–Crippen LogP) is 3.61. The van der Waals surface area contributed by atoms with E-state index in [0.717, 1.165) is 5.69 Å². The van der Waals surface area contributed by atoms with Crippen LogP contribution in [0.2, 0.25) is 0 Å². The molecule has 8 heteroatoms. The van der Waals surface area contributed by atoms with Crippen LogP contribution in [0.1, 0.15) is 22.2 Å². The molecule has 2 heterocycles. The third kappa shape index (κ3) is 4.35. The Hall–Kier alpha value is -4.04. The summed E-state index contributed by atoms with van der Waals surface area (Å²) in [6, 6.07) is 19.6. The molecular formula is C24H23N3O5. The molecule has 0 radical (unpaired) electrons. The van der Waals surface area contributed by atoms with Crippen molar-refractivity contribution in [1.82, 2.24) is 15.1 Å². The van der Waals surface area contributed by atoms with Crippen molar-refractivity contribution in [1.29, 1.82) is 0 Å². The summed E-state index contributed by atoms with van der Waals surface area (Å²) in [6.07, 6.45) is 0.552. The van der Waals surface area contributed by atoms with Crippen LogP contribution in [-0.4, -0.2) is 41.6 Å². The van der Waals surface area contributed by atoms with Gasteiger partial charge in [0, 0.05) is 18.2 Å². The van der Waals surface area contributed by atoms with Gasteiger partial charge >= 0.3 is 0 Å². The van der Waals surface area contributed by atoms with Crippen molar-refractivity contribution in [3.8, 4) is 28.6 Å². The quantitative estimate of drug-likeness (QED) is 0.440. The van der Waals surface area contributed by atoms with Crippen molar-refractivity contribution in [3.05, 3.63) is 84.3 Å². The Bertz CT molecular complexity index is 1190. The Balaban J connectivity index is 1.58. The molecule has 0 aliphatic carbocycles. The number of furan rings is 1. The SMILES string of the molecule is COc1ccc(OC)c(C(O)CNC(=O)c2cc(-c3ccco3)nn2-c2ccccc2)c1. The molecule has 8 nitrogen and oxygen atoms in total. The maximum atomic E-state index is 13.1. The Labute approximate surface area is 185 Å². The summed E-state index contributed by atoms with van der Waals surface area (Å²) in [5.74, 6) is 1.24. The van der Waals surface area contributed by atoms with Gasteiger partial charge in [0.25, 0.3) is 5.91 Å². The number of nitrogens with zero attached hydrogens (tertiary/aromatic N) is 2. The topological polar surface area (TPSA) is 98.8 Å². The fraction of sp³-hybridized carbons (Fsp3) is 0.167. The summed E-state index contributed by atoms with van der Waals surface area (Å²) in [5, 5.41) is 18.0. The molecule has 4 rings (SSSR count). The number of benzene rings is 2. The predicted molar refractivity (Wildman–Crippen MR) is 118 cm³/mol. The molecule has 0 aliphatic rings. The summed E-state index contributed by atoms with van der Waals surface area (Å²) in [7, 11) is 3.06. The molecule has 0 fully saturated rings. The Morgan fingerprint density at radius 2 is 1.91 bits per heavy atom. The first-order chi connectivity index (χ1) is 15.6.